The number of nitrogens with two attached hydrogens (primary N) is 1. The standard InChI is InChI=1S/C13H16N2O2S/c1-17-10-4-2-9(3-5-10)8-15-12(16)13(6-7-13)11(14)18/h2-5H,6-8H2,1H3,(H2,14,18)(H,15,16). The summed E-state index contributed by atoms with van der Waals surface area (Å²) in [5.74, 6) is 0.734. The number of carbonyl (C=O) groups excluding carboxylic acids is 1. The highest BCUT2D eigenvalue weighted by atomic mass is 32.1. The number of hydrogen-bond acceptors (Lipinski definition) is 3. The first-order valence-electron chi connectivity index (χ1n) is 5.79. The van der Waals surface area contributed by atoms with Crippen molar-refractivity contribution in [2.75, 3.05) is 7.11 Å². The lowest BCUT2D eigenvalue weighted by atomic mass is 10.1. The van der Waals surface area contributed by atoms with Crippen molar-refractivity contribution in [2.24, 2.45) is 11.1 Å². The van der Waals surface area contributed by atoms with Crippen molar-refractivity contribution in [1.29, 1.82) is 0 Å². The summed E-state index contributed by atoms with van der Waals surface area (Å²) in [6.45, 7) is 0.479. The van der Waals surface area contributed by atoms with E-state index in [4.69, 9.17) is 22.7 Å². The maximum Gasteiger partial charge on any atom is 0.233 e. The largest absolute Gasteiger partial charge is 0.497 e. The number of thiocarbonyl (C=S) groups is 1. The van der Waals surface area contributed by atoms with Gasteiger partial charge in [0.15, 0.2) is 0 Å². The fourth-order valence-electron chi connectivity index (χ4n) is 1.81. The van der Waals surface area contributed by atoms with E-state index in [-0.39, 0.29) is 5.91 Å². The van der Waals surface area contributed by atoms with E-state index in [1.165, 1.54) is 0 Å². The molecule has 0 unspecified atom stereocenters. The SMILES string of the molecule is COc1ccc(CNC(=O)C2(C(N)=S)CC2)cc1. The van der Waals surface area contributed by atoms with Crippen molar-refractivity contribution in [3.8, 4) is 5.75 Å². The molecular weight excluding hydrogens is 248 g/mol. The lowest BCUT2D eigenvalue weighted by Crippen LogP contribution is -2.39. The van der Waals surface area contributed by atoms with Crippen molar-refractivity contribution in [1.82, 2.24) is 5.32 Å². The third kappa shape index (κ3) is 2.46. The van der Waals surface area contributed by atoms with Crippen LogP contribution in [-0.2, 0) is 11.3 Å². The van der Waals surface area contributed by atoms with Crippen LogP contribution in [0.5, 0.6) is 5.75 Å². The number of rotatable bonds is 5. The molecule has 0 radical (unpaired) electrons. The van der Waals surface area contributed by atoms with Gasteiger partial charge in [0.05, 0.1) is 17.5 Å². The van der Waals surface area contributed by atoms with E-state index in [9.17, 15) is 4.79 Å². The van der Waals surface area contributed by atoms with E-state index < -0.39 is 5.41 Å². The summed E-state index contributed by atoms with van der Waals surface area (Å²) in [6.07, 6.45) is 1.52. The number of hydrogen-bond donors (Lipinski definition) is 2. The summed E-state index contributed by atoms with van der Waals surface area (Å²) < 4.78 is 5.07. The number of methoxy groups -OCH3 is 1. The summed E-state index contributed by atoms with van der Waals surface area (Å²) in [5, 5.41) is 2.87. The van der Waals surface area contributed by atoms with E-state index in [0.717, 1.165) is 24.2 Å². The third-order valence-electron chi connectivity index (χ3n) is 3.27. The smallest absolute Gasteiger partial charge is 0.233 e. The van der Waals surface area contributed by atoms with E-state index in [0.29, 0.717) is 11.5 Å². The Kier molecular flexibility index (Phi) is 3.52. The number of ether oxygens (including phenoxy) is 1. The zero-order valence-corrected chi connectivity index (χ0v) is 11.0. The predicted octanol–water partition coefficient (Wildman–Crippen LogP) is 1.38. The molecule has 1 aromatic carbocycles. The van der Waals surface area contributed by atoms with Crippen molar-refractivity contribution in [3.05, 3.63) is 29.8 Å². The third-order valence-corrected chi connectivity index (χ3v) is 3.66. The van der Waals surface area contributed by atoms with E-state index in [2.05, 4.69) is 5.32 Å². The normalized spacial score (nSPS) is 15.8. The quantitative estimate of drug-likeness (QED) is 0.789. The van der Waals surface area contributed by atoms with Crippen LogP contribution in [0.4, 0.5) is 0 Å². The molecule has 5 heteroatoms. The fraction of sp³-hybridized carbons (Fsp3) is 0.385. The molecule has 0 atom stereocenters. The van der Waals surface area contributed by atoms with Crippen LogP contribution >= 0.6 is 12.2 Å². The van der Waals surface area contributed by atoms with E-state index >= 15 is 0 Å². The Balaban J connectivity index is 1.91. The molecule has 0 aromatic heterocycles. The van der Waals surface area contributed by atoms with E-state index in [1.54, 1.807) is 7.11 Å². The highest BCUT2D eigenvalue weighted by Crippen LogP contribution is 2.46. The van der Waals surface area contributed by atoms with Gasteiger partial charge < -0.3 is 15.8 Å². The van der Waals surface area contributed by atoms with Gasteiger partial charge in [-0.2, -0.15) is 0 Å². The van der Waals surface area contributed by atoms with Gasteiger partial charge in [-0.05, 0) is 30.5 Å². The Hall–Kier alpha value is -1.62. The molecular formula is C13H16N2O2S. The molecule has 18 heavy (non-hydrogen) atoms. The van der Waals surface area contributed by atoms with Gasteiger partial charge in [0, 0.05) is 6.54 Å². The molecule has 1 aliphatic carbocycles. The first kappa shape index (κ1) is 12.8. The lowest BCUT2D eigenvalue weighted by Gasteiger charge is -2.13. The van der Waals surface area contributed by atoms with Gasteiger partial charge in [0.25, 0.3) is 0 Å². The molecule has 1 fully saturated rings. The molecule has 96 valence electrons. The molecule has 2 rings (SSSR count). The second-order valence-electron chi connectivity index (χ2n) is 4.48. The van der Waals surface area contributed by atoms with Crippen LogP contribution < -0.4 is 15.8 Å². The van der Waals surface area contributed by atoms with Crippen LogP contribution in [-0.4, -0.2) is 18.0 Å². The zero-order chi connectivity index (χ0) is 13.2. The molecule has 1 aromatic rings. The van der Waals surface area contributed by atoms with Crippen molar-refractivity contribution < 1.29 is 9.53 Å². The predicted molar refractivity (Wildman–Crippen MR) is 73.3 cm³/mol. The maximum absolute atomic E-state index is 12.0. The van der Waals surface area contributed by atoms with Gasteiger partial charge in [-0.25, -0.2) is 0 Å². The Morgan fingerprint density at radius 3 is 2.50 bits per heavy atom. The minimum absolute atomic E-state index is 0.0641. The molecule has 0 heterocycles. The van der Waals surface area contributed by atoms with Crippen LogP contribution in [0.3, 0.4) is 0 Å². The van der Waals surface area contributed by atoms with Crippen molar-refractivity contribution >= 4 is 23.1 Å². The van der Waals surface area contributed by atoms with Gasteiger partial charge in [-0.15, -0.1) is 0 Å². The first-order chi connectivity index (χ1) is 8.58. The molecule has 1 aliphatic rings. The molecule has 3 N–H and O–H groups in total. The number of benzene rings is 1. The summed E-state index contributed by atoms with van der Waals surface area (Å²) in [6, 6.07) is 7.56. The minimum atomic E-state index is -0.582. The monoisotopic (exact) mass is 264 g/mol. The summed E-state index contributed by atoms with van der Waals surface area (Å²) in [4.78, 5) is 12.3. The average Bonchev–Trinajstić information content (AvgIpc) is 3.18. The highest BCUT2D eigenvalue weighted by Gasteiger charge is 2.52. The maximum atomic E-state index is 12.0. The molecule has 0 spiro atoms. The van der Waals surface area contributed by atoms with Gasteiger partial charge in [-0.3, -0.25) is 4.79 Å². The Labute approximate surface area is 112 Å². The molecule has 1 amide bonds. The summed E-state index contributed by atoms with van der Waals surface area (Å²) in [5.41, 5.74) is 6.03. The Morgan fingerprint density at radius 2 is 2.06 bits per heavy atom. The Bertz CT molecular complexity index is 466. The number of nitrogens with one attached hydrogen (secondary N) is 1. The van der Waals surface area contributed by atoms with Gasteiger partial charge >= 0.3 is 0 Å². The molecule has 0 saturated heterocycles. The van der Waals surface area contributed by atoms with Crippen LogP contribution in [0.1, 0.15) is 18.4 Å². The van der Waals surface area contributed by atoms with Crippen molar-refractivity contribution in [3.63, 3.8) is 0 Å². The highest BCUT2D eigenvalue weighted by molar-refractivity contribution is 7.80. The molecule has 0 aliphatic heterocycles. The number of carbonyl (C=O) groups is 1. The van der Waals surface area contributed by atoms with Crippen LogP contribution in [0.2, 0.25) is 0 Å². The fourth-order valence-corrected chi connectivity index (χ4v) is 2.10. The zero-order valence-electron chi connectivity index (χ0n) is 10.2. The van der Waals surface area contributed by atoms with Crippen molar-refractivity contribution in [2.45, 2.75) is 19.4 Å². The van der Waals surface area contributed by atoms with Gasteiger partial charge in [-0.1, -0.05) is 24.4 Å². The second kappa shape index (κ2) is 4.94. The van der Waals surface area contributed by atoms with Gasteiger partial charge in [0.1, 0.15) is 5.75 Å². The van der Waals surface area contributed by atoms with Crippen LogP contribution in [0, 0.1) is 5.41 Å². The molecule has 0 bridgehead atoms. The minimum Gasteiger partial charge on any atom is -0.497 e. The molecule has 4 nitrogen and oxygen atoms in total. The van der Waals surface area contributed by atoms with Crippen LogP contribution in [0.15, 0.2) is 24.3 Å². The summed E-state index contributed by atoms with van der Waals surface area (Å²) in [7, 11) is 1.62. The first-order valence-corrected chi connectivity index (χ1v) is 6.20. The summed E-state index contributed by atoms with van der Waals surface area (Å²) >= 11 is 4.93. The number of amides is 1. The lowest BCUT2D eigenvalue weighted by molar-refractivity contribution is -0.124. The van der Waals surface area contributed by atoms with Gasteiger partial charge in [0.2, 0.25) is 5.91 Å². The Morgan fingerprint density at radius 1 is 1.44 bits per heavy atom. The van der Waals surface area contributed by atoms with E-state index in [1.807, 2.05) is 24.3 Å². The average molecular weight is 264 g/mol. The second-order valence-corrected chi connectivity index (χ2v) is 4.92. The molecule has 1 saturated carbocycles. The van der Waals surface area contributed by atoms with Crippen LogP contribution in [0.25, 0.3) is 0 Å². The topological polar surface area (TPSA) is 64.3 Å².